The zero-order valence-electron chi connectivity index (χ0n) is 10.3. The predicted octanol–water partition coefficient (Wildman–Crippen LogP) is 1.65. The lowest BCUT2D eigenvalue weighted by Crippen LogP contribution is -2.46. The Kier molecular flexibility index (Phi) is 5.22. The van der Waals surface area contributed by atoms with E-state index in [0.717, 1.165) is 19.4 Å². The average molecular weight is 229 g/mol. The van der Waals surface area contributed by atoms with Gasteiger partial charge in [0, 0.05) is 19.2 Å². The Labute approximate surface area is 97.4 Å². The summed E-state index contributed by atoms with van der Waals surface area (Å²) in [7, 11) is 0. The van der Waals surface area contributed by atoms with Crippen molar-refractivity contribution in [2.24, 2.45) is 5.41 Å². The Hall–Kier alpha value is -0.610. The third kappa shape index (κ3) is 3.19. The van der Waals surface area contributed by atoms with Crippen LogP contribution in [0.15, 0.2) is 0 Å². The Balaban J connectivity index is 2.45. The number of ether oxygens (including phenoxy) is 1. The maximum Gasteiger partial charge on any atom is 0.310 e. The summed E-state index contributed by atoms with van der Waals surface area (Å²) in [5, 5.41) is 12.6. The molecule has 0 saturated carbocycles. The minimum absolute atomic E-state index is 0.325. The maximum atomic E-state index is 11.3. The van der Waals surface area contributed by atoms with Crippen molar-refractivity contribution >= 4 is 5.97 Å². The summed E-state index contributed by atoms with van der Waals surface area (Å²) >= 11 is 0. The fourth-order valence-electron chi connectivity index (χ4n) is 2.12. The standard InChI is InChI=1S/C12H23NO3/c1-3-12(4-2,11(14)15)9-13-10-6-5-7-16-8-10/h10,13H,3-9H2,1-2H3,(H,14,15). The lowest BCUT2D eigenvalue weighted by Gasteiger charge is -2.31. The van der Waals surface area contributed by atoms with E-state index >= 15 is 0 Å². The van der Waals surface area contributed by atoms with Gasteiger partial charge in [-0.2, -0.15) is 0 Å². The second-order valence-corrected chi connectivity index (χ2v) is 4.59. The topological polar surface area (TPSA) is 58.6 Å². The van der Waals surface area contributed by atoms with E-state index in [2.05, 4.69) is 5.32 Å². The molecule has 1 aliphatic rings. The molecule has 0 aromatic carbocycles. The van der Waals surface area contributed by atoms with Gasteiger partial charge >= 0.3 is 5.97 Å². The molecule has 1 heterocycles. The van der Waals surface area contributed by atoms with Crippen LogP contribution >= 0.6 is 0 Å². The lowest BCUT2D eigenvalue weighted by molar-refractivity contribution is -0.149. The largest absolute Gasteiger partial charge is 0.481 e. The second kappa shape index (κ2) is 6.21. The van der Waals surface area contributed by atoms with Gasteiger partial charge in [-0.3, -0.25) is 4.79 Å². The molecule has 4 nitrogen and oxygen atoms in total. The lowest BCUT2D eigenvalue weighted by atomic mass is 9.82. The number of rotatable bonds is 6. The second-order valence-electron chi connectivity index (χ2n) is 4.59. The number of aliphatic carboxylic acids is 1. The van der Waals surface area contributed by atoms with E-state index in [9.17, 15) is 9.90 Å². The van der Waals surface area contributed by atoms with E-state index in [-0.39, 0.29) is 0 Å². The fraction of sp³-hybridized carbons (Fsp3) is 0.917. The Morgan fingerprint density at radius 3 is 2.62 bits per heavy atom. The third-order valence-electron chi connectivity index (χ3n) is 3.70. The van der Waals surface area contributed by atoms with Crippen molar-refractivity contribution in [3.63, 3.8) is 0 Å². The van der Waals surface area contributed by atoms with Crippen LogP contribution < -0.4 is 5.32 Å². The van der Waals surface area contributed by atoms with Crippen LogP contribution in [0.25, 0.3) is 0 Å². The average Bonchev–Trinajstić information content (AvgIpc) is 2.32. The van der Waals surface area contributed by atoms with E-state index in [4.69, 9.17) is 4.74 Å². The van der Waals surface area contributed by atoms with Crippen molar-refractivity contribution in [3.05, 3.63) is 0 Å². The molecule has 1 rings (SSSR count). The Morgan fingerprint density at radius 1 is 1.50 bits per heavy atom. The van der Waals surface area contributed by atoms with Gasteiger partial charge in [-0.15, -0.1) is 0 Å². The van der Waals surface area contributed by atoms with E-state index < -0.39 is 11.4 Å². The highest BCUT2D eigenvalue weighted by Crippen LogP contribution is 2.26. The van der Waals surface area contributed by atoms with Gasteiger partial charge in [0.15, 0.2) is 0 Å². The smallest absolute Gasteiger partial charge is 0.310 e. The molecule has 0 spiro atoms. The summed E-state index contributed by atoms with van der Waals surface area (Å²) in [6.45, 7) is 5.98. The van der Waals surface area contributed by atoms with E-state index in [0.29, 0.717) is 32.0 Å². The molecule has 1 atom stereocenters. The SMILES string of the molecule is CCC(CC)(CNC1CCCOC1)C(=O)O. The molecule has 0 aromatic rings. The first-order valence-corrected chi connectivity index (χ1v) is 6.19. The summed E-state index contributed by atoms with van der Waals surface area (Å²) < 4.78 is 5.37. The Bertz CT molecular complexity index is 220. The maximum absolute atomic E-state index is 11.3. The van der Waals surface area contributed by atoms with Crippen molar-refractivity contribution in [2.75, 3.05) is 19.8 Å². The van der Waals surface area contributed by atoms with Crippen molar-refractivity contribution < 1.29 is 14.6 Å². The first kappa shape index (κ1) is 13.5. The molecule has 1 fully saturated rings. The zero-order chi connectivity index (χ0) is 12.0. The number of hydrogen-bond donors (Lipinski definition) is 2. The highest BCUT2D eigenvalue weighted by molar-refractivity contribution is 5.74. The first-order valence-electron chi connectivity index (χ1n) is 6.19. The van der Waals surface area contributed by atoms with Crippen LogP contribution in [0.5, 0.6) is 0 Å². The van der Waals surface area contributed by atoms with E-state index in [1.165, 1.54) is 0 Å². The third-order valence-corrected chi connectivity index (χ3v) is 3.70. The molecule has 94 valence electrons. The van der Waals surface area contributed by atoms with Crippen LogP contribution in [0.3, 0.4) is 0 Å². The van der Waals surface area contributed by atoms with Gasteiger partial charge in [0.05, 0.1) is 12.0 Å². The fourth-order valence-corrected chi connectivity index (χ4v) is 2.12. The highest BCUT2D eigenvalue weighted by Gasteiger charge is 2.35. The quantitative estimate of drug-likeness (QED) is 0.727. The molecule has 0 amide bonds. The van der Waals surface area contributed by atoms with Gasteiger partial charge in [-0.1, -0.05) is 13.8 Å². The molecule has 2 N–H and O–H groups in total. The number of carboxylic acids is 1. The molecule has 0 bridgehead atoms. The molecule has 0 radical (unpaired) electrons. The summed E-state index contributed by atoms with van der Waals surface area (Å²) in [6.07, 6.45) is 3.48. The zero-order valence-corrected chi connectivity index (χ0v) is 10.3. The number of nitrogens with one attached hydrogen (secondary N) is 1. The molecular weight excluding hydrogens is 206 g/mol. The molecule has 1 unspecified atom stereocenters. The van der Waals surface area contributed by atoms with Crippen LogP contribution in [0.1, 0.15) is 39.5 Å². The monoisotopic (exact) mass is 229 g/mol. The van der Waals surface area contributed by atoms with Crippen molar-refractivity contribution in [1.82, 2.24) is 5.32 Å². The number of hydrogen-bond acceptors (Lipinski definition) is 3. The van der Waals surface area contributed by atoms with Crippen molar-refractivity contribution in [2.45, 2.75) is 45.6 Å². The van der Waals surface area contributed by atoms with Gasteiger partial charge in [-0.25, -0.2) is 0 Å². The number of carbonyl (C=O) groups is 1. The van der Waals surface area contributed by atoms with Gasteiger partial charge < -0.3 is 15.2 Å². The van der Waals surface area contributed by atoms with Crippen LogP contribution in [0.4, 0.5) is 0 Å². The summed E-state index contributed by atoms with van der Waals surface area (Å²) in [4.78, 5) is 11.3. The molecule has 16 heavy (non-hydrogen) atoms. The van der Waals surface area contributed by atoms with Crippen LogP contribution in [0.2, 0.25) is 0 Å². The van der Waals surface area contributed by atoms with Crippen LogP contribution in [-0.4, -0.2) is 36.9 Å². The van der Waals surface area contributed by atoms with Crippen molar-refractivity contribution in [1.29, 1.82) is 0 Å². The van der Waals surface area contributed by atoms with Gasteiger partial charge in [0.1, 0.15) is 0 Å². The summed E-state index contributed by atoms with van der Waals surface area (Å²) in [5.74, 6) is -0.693. The van der Waals surface area contributed by atoms with Crippen LogP contribution in [-0.2, 0) is 9.53 Å². The molecular formula is C12H23NO3. The summed E-state index contributed by atoms with van der Waals surface area (Å²) in [5.41, 5.74) is -0.614. The first-order chi connectivity index (χ1) is 7.64. The minimum atomic E-state index is -0.693. The Morgan fingerprint density at radius 2 is 2.19 bits per heavy atom. The number of carboxylic acid groups (broad SMARTS) is 1. The van der Waals surface area contributed by atoms with Gasteiger partial charge in [0.2, 0.25) is 0 Å². The summed E-state index contributed by atoms with van der Waals surface area (Å²) in [6, 6.07) is 0.325. The predicted molar refractivity (Wildman–Crippen MR) is 62.5 cm³/mol. The molecule has 1 saturated heterocycles. The van der Waals surface area contributed by atoms with E-state index in [1.54, 1.807) is 0 Å². The van der Waals surface area contributed by atoms with Crippen molar-refractivity contribution in [3.8, 4) is 0 Å². The normalized spacial score (nSPS) is 22.0. The van der Waals surface area contributed by atoms with Gasteiger partial charge in [0.25, 0.3) is 0 Å². The highest BCUT2D eigenvalue weighted by atomic mass is 16.5. The minimum Gasteiger partial charge on any atom is -0.481 e. The molecule has 4 heteroatoms. The van der Waals surface area contributed by atoms with Gasteiger partial charge in [-0.05, 0) is 25.7 Å². The van der Waals surface area contributed by atoms with E-state index in [1.807, 2.05) is 13.8 Å². The molecule has 1 aliphatic heterocycles. The molecule has 0 aromatic heterocycles. The molecule has 0 aliphatic carbocycles. The van der Waals surface area contributed by atoms with Crippen LogP contribution in [0, 0.1) is 5.41 Å².